The number of thioether (sulfide) groups is 1. The van der Waals surface area contributed by atoms with Crippen LogP contribution in [0.3, 0.4) is 0 Å². The van der Waals surface area contributed by atoms with Gasteiger partial charge in [-0.05, 0) is 61.4 Å². The summed E-state index contributed by atoms with van der Waals surface area (Å²) in [5.74, 6) is 0.851. The molecule has 0 saturated heterocycles. The molecule has 1 atom stereocenters. The first-order valence-corrected chi connectivity index (χ1v) is 9.28. The lowest BCUT2D eigenvalue weighted by Gasteiger charge is -2.13. The van der Waals surface area contributed by atoms with Gasteiger partial charge in [-0.2, -0.15) is 0 Å². The van der Waals surface area contributed by atoms with Crippen LogP contribution in [0.1, 0.15) is 55.9 Å². The van der Waals surface area contributed by atoms with Crippen LogP contribution in [0.25, 0.3) is 0 Å². The first-order chi connectivity index (χ1) is 11.7. The third-order valence-corrected chi connectivity index (χ3v) is 5.28. The van der Waals surface area contributed by atoms with E-state index in [-0.39, 0.29) is 11.0 Å². The maximum absolute atomic E-state index is 12.6. The molecule has 1 saturated carbocycles. The summed E-state index contributed by atoms with van der Waals surface area (Å²) in [5.41, 5.74) is 0.679. The van der Waals surface area contributed by atoms with Crippen LogP contribution in [0.15, 0.2) is 29.4 Å². The molecule has 1 fully saturated rings. The van der Waals surface area contributed by atoms with E-state index in [1.165, 1.54) is 24.6 Å². The Balaban J connectivity index is 1.67. The summed E-state index contributed by atoms with van der Waals surface area (Å²) < 4.78 is 7.30. The zero-order valence-corrected chi connectivity index (χ0v) is 14.8. The first kappa shape index (κ1) is 17.0. The second-order valence-corrected chi connectivity index (χ2v) is 7.23. The molecule has 6 nitrogen and oxygen atoms in total. The molecule has 0 aliphatic heterocycles. The van der Waals surface area contributed by atoms with E-state index >= 15 is 0 Å². The smallest absolute Gasteiger partial charge is 0.210 e. The predicted octanol–water partition coefficient (Wildman–Crippen LogP) is 3.55. The molecular formula is C17H22N4O2S. The molecule has 1 aromatic heterocycles. The zero-order chi connectivity index (χ0) is 16.9. The summed E-state index contributed by atoms with van der Waals surface area (Å²) in [7, 11) is 0. The van der Waals surface area contributed by atoms with E-state index in [9.17, 15) is 4.79 Å². The van der Waals surface area contributed by atoms with Crippen LogP contribution in [0.4, 0.5) is 0 Å². The minimum Gasteiger partial charge on any atom is -0.494 e. The maximum Gasteiger partial charge on any atom is 0.210 e. The normalized spacial score (nSPS) is 16.2. The molecule has 128 valence electrons. The molecule has 1 aromatic carbocycles. The van der Waals surface area contributed by atoms with Crippen molar-refractivity contribution in [1.82, 2.24) is 20.2 Å². The summed E-state index contributed by atoms with van der Waals surface area (Å²) in [4.78, 5) is 12.6. The molecule has 0 radical (unpaired) electrons. The fraction of sp³-hybridized carbons (Fsp3) is 0.529. The average Bonchev–Trinajstić information content (AvgIpc) is 3.26. The molecule has 0 bridgehead atoms. The number of nitrogens with zero attached hydrogens (tertiary/aromatic N) is 4. The van der Waals surface area contributed by atoms with Crippen molar-refractivity contribution in [2.45, 2.75) is 56.0 Å². The highest BCUT2D eigenvalue weighted by atomic mass is 32.2. The van der Waals surface area contributed by atoms with Crippen LogP contribution in [-0.2, 0) is 0 Å². The number of ether oxygens (including phenoxy) is 1. The van der Waals surface area contributed by atoms with Crippen molar-refractivity contribution in [3.8, 4) is 5.75 Å². The van der Waals surface area contributed by atoms with Crippen molar-refractivity contribution in [3.63, 3.8) is 0 Å². The van der Waals surface area contributed by atoms with Crippen molar-refractivity contribution in [2.24, 2.45) is 0 Å². The number of aromatic nitrogens is 4. The SMILES string of the molecule is CCOc1ccc(C(=O)C(C)Sc2nnnn2C2CCCC2)cc1. The van der Waals surface area contributed by atoms with E-state index in [0.717, 1.165) is 23.7 Å². The zero-order valence-electron chi connectivity index (χ0n) is 14.0. The van der Waals surface area contributed by atoms with Gasteiger partial charge < -0.3 is 4.74 Å². The minimum atomic E-state index is -0.242. The molecule has 0 amide bonds. The van der Waals surface area contributed by atoms with Crippen LogP contribution in [0, 0.1) is 0 Å². The monoisotopic (exact) mass is 346 g/mol. The molecule has 0 spiro atoms. The van der Waals surface area contributed by atoms with Gasteiger partial charge in [0.15, 0.2) is 5.78 Å². The van der Waals surface area contributed by atoms with Crippen LogP contribution in [0.2, 0.25) is 0 Å². The van der Waals surface area contributed by atoms with Crippen LogP contribution in [0.5, 0.6) is 5.75 Å². The summed E-state index contributed by atoms with van der Waals surface area (Å²) in [6.07, 6.45) is 4.66. The lowest BCUT2D eigenvalue weighted by molar-refractivity contribution is 0.0993. The van der Waals surface area contributed by atoms with Gasteiger partial charge in [-0.1, -0.05) is 24.6 Å². The van der Waals surface area contributed by atoms with Gasteiger partial charge in [0.25, 0.3) is 0 Å². The van der Waals surface area contributed by atoms with Gasteiger partial charge in [0.1, 0.15) is 5.75 Å². The van der Waals surface area contributed by atoms with E-state index in [0.29, 0.717) is 18.2 Å². The quantitative estimate of drug-likeness (QED) is 0.564. The number of tetrazole rings is 1. The number of benzene rings is 1. The Morgan fingerprint density at radius 2 is 2.04 bits per heavy atom. The number of ketones is 1. The summed E-state index contributed by atoms with van der Waals surface area (Å²) in [6.45, 7) is 4.45. The summed E-state index contributed by atoms with van der Waals surface area (Å²) in [6, 6.07) is 7.65. The third kappa shape index (κ3) is 3.77. The van der Waals surface area contributed by atoms with Gasteiger partial charge in [0.2, 0.25) is 5.16 Å². The minimum absolute atomic E-state index is 0.0732. The van der Waals surface area contributed by atoms with Crippen molar-refractivity contribution in [3.05, 3.63) is 29.8 Å². The largest absolute Gasteiger partial charge is 0.494 e. The van der Waals surface area contributed by atoms with Crippen LogP contribution < -0.4 is 4.74 Å². The number of hydrogen-bond acceptors (Lipinski definition) is 6. The fourth-order valence-corrected chi connectivity index (χ4v) is 3.91. The van der Waals surface area contributed by atoms with E-state index in [2.05, 4.69) is 15.5 Å². The molecule has 7 heteroatoms. The van der Waals surface area contributed by atoms with Gasteiger partial charge >= 0.3 is 0 Å². The Morgan fingerprint density at radius 3 is 2.71 bits per heavy atom. The molecule has 1 heterocycles. The fourth-order valence-electron chi connectivity index (χ4n) is 2.97. The van der Waals surface area contributed by atoms with Crippen molar-refractivity contribution in [1.29, 1.82) is 0 Å². The first-order valence-electron chi connectivity index (χ1n) is 8.40. The Hall–Kier alpha value is -1.89. The van der Waals surface area contributed by atoms with Crippen molar-refractivity contribution >= 4 is 17.5 Å². The lowest BCUT2D eigenvalue weighted by Crippen LogP contribution is -2.16. The molecule has 2 aromatic rings. The number of carbonyl (C=O) groups excluding carboxylic acids is 1. The van der Waals surface area contributed by atoms with Crippen molar-refractivity contribution < 1.29 is 9.53 Å². The lowest BCUT2D eigenvalue weighted by atomic mass is 10.1. The Labute approximate surface area is 146 Å². The van der Waals surface area contributed by atoms with Crippen molar-refractivity contribution in [2.75, 3.05) is 6.61 Å². The predicted molar refractivity (Wildman–Crippen MR) is 92.6 cm³/mol. The van der Waals surface area contributed by atoms with E-state index in [4.69, 9.17) is 4.74 Å². The summed E-state index contributed by atoms with van der Waals surface area (Å²) >= 11 is 1.43. The molecule has 0 N–H and O–H groups in total. The standard InChI is InChI=1S/C17H22N4O2S/c1-3-23-15-10-8-13(9-11-15)16(22)12(2)24-17-18-19-20-21(17)14-6-4-5-7-14/h8-12,14H,3-7H2,1-2H3. The Morgan fingerprint density at radius 1 is 1.33 bits per heavy atom. The summed E-state index contributed by atoms with van der Waals surface area (Å²) in [5, 5.41) is 12.5. The Bertz CT molecular complexity index is 680. The van der Waals surface area contributed by atoms with Gasteiger partial charge in [0, 0.05) is 5.56 Å². The molecule has 1 unspecified atom stereocenters. The van der Waals surface area contributed by atoms with Crippen LogP contribution in [-0.4, -0.2) is 37.8 Å². The highest BCUT2D eigenvalue weighted by Gasteiger charge is 2.25. The van der Waals surface area contributed by atoms with Gasteiger partial charge in [0.05, 0.1) is 17.9 Å². The molecular weight excluding hydrogens is 324 g/mol. The second kappa shape index (κ2) is 7.79. The average molecular weight is 346 g/mol. The van der Waals surface area contributed by atoms with Crippen LogP contribution >= 0.6 is 11.8 Å². The number of Topliss-reactive ketones (excluding diaryl/α,β-unsaturated/α-hetero) is 1. The van der Waals surface area contributed by atoms with Gasteiger partial charge in [-0.25, -0.2) is 4.68 Å². The molecule has 3 rings (SSSR count). The second-order valence-electron chi connectivity index (χ2n) is 5.93. The van der Waals surface area contributed by atoms with E-state index in [1.54, 1.807) is 0 Å². The highest BCUT2D eigenvalue weighted by Crippen LogP contribution is 2.33. The highest BCUT2D eigenvalue weighted by molar-refractivity contribution is 8.00. The number of carbonyl (C=O) groups is 1. The van der Waals surface area contributed by atoms with E-state index < -0.39 is 0 Å². The van der Waals surface area contributed by atoms with E-state index in [1.807, 2.05) is 42.8 Å². The number of hydrogen-bond donors (Lipinski definition) is 0. The van der Waals surface area contributed by atoms with Gasteiger partial charge in [-0.15, -0.1) is 5.10 Å². The molecule has 24 heavy (non-hydrogen) atoms. The number of rotatable bonds is 7. The Kier molecular flexibility index (Phi) is 5.50. The molecule has 1 aliphatic carbocycles. The maximum atomic E-state index is 12.6. The molecule has 1 aliphatic rings. The van der Waals surface area contributed by atoms with Gasteiger partial charge in [-0.3, -0.25) is 4.79 Å². The third-order valence-electron chi connectivity index (χ3n) is 4.23. The topological polar surface area (TPSA) is 69.9 Å².